The predicted octanol–water partition coefficient (Wildman–Crippen LogP) is 8.19. The van der Waals surface area contributed by atoms with Gasteiger partial charge >= 0.3 is 5.97 Å². The van der Waals surface area contributed by atoms with Crippen molar-refractivity contribution in [1.29, 1.82) is 0 Å². The quantitative estimate of drug-likeness (QED) is 0.333. The molecule has 0 amide bonds. The Morgan fingerprint density at radius 3 is 2.52 bits per heavy atom. The Bertz CT molecular complexity index is 895. The molecule has 2 aliphatic rings. The van der Waals surface area contributed by atoms with E-state index in [1.54, 1.807) is 36.4 Å². The molecule has 0 N–H and O–H groups in total. The fraction of sp³-hybridized carbons (Fsp3) is 0.519. The lowest BCUT2D eigenvalue weighted by molar-refractivity contribution is 0.0734. The fourth-order valence-corrected chi connectivity index (χ4v) is 5.80. The van der Waals surface area contributed by atoms with E-state index in [1.807, 2.05) is 0 Å². The van der Waals surface area contributed by atoms with Gasteiger partial charge in [0.2, 0.25) is 0 Å². The molecule has 4 rings (SSSR count). The van der Waals surface area contributed by atoms with Crippen molar-refractivity contribution in [2.24, 2.45) is 17.8 Å². The second kappa shape index (κ2) is 10.2. The Balaban J connectivity index is 1.37. The summed E-state index contributed by atoms with van der Waals surface area (Å²) in [7, 11) is 0. The number of hydrogen-bond acceptors (Lipinski definition) is 2. The molecular weight excluding hydrogens is 411 g/mol. The summed E-state index contributed by atoms with van der Waals surface area (Å²) in [4.78, 5) is 12.4. The van der Waals surface area contributed by atoms with Crippen molar-refractivity contribution in [2.45, 2.75) is 70.6 Å². The monoisotopic (exact) mass is 442 g/mol. The van der Waals surface area contributed by atoms with E-state index in [9.17, 15) is 9.18 Å². The molecule has 4 heteroatoms. The fourth-order valence-electron chi connectivity index (χ4n) is 5.68. The van der Waals surface area contributed by atoms with E-state index < -0.39 is 5.97 Å². The molecule has 2 aliphatic carbocycles. The Labute approximate surface area is 190 Å². The summed E-state index contributed by atoms with van der Waals surface area (Å²) in [6.07, 6.45) is 11.4. The topological polar surface area (TPSA) is 26.3 Å². The van der Waals surface area contributed by atoms with Crippen molar-refractivity contribution in [2.75, 3.05) is 0 Å². The van der Waals surface area contributed by atoms with Gasteiger partial charge in [-0.25, -0.2) is 9.18 Å². The van der Waals surface area contributed by atoms with Gasteiger partial charge in [0, 0.05) is 5.02 Å². The van der Waals surface area contributed by atoms with Gasteiger partial charge in [-0.3, -0.25) is 0 Å². The maximum Gasteiger partial charge on any atom is 0.343 e. The van der Waals surface area contributed by atoms with Gasteiger partial charge in [-0.2, -0.15) is 0 Å². The van der Waals surface area contributed by atoms with Gasteiger partial charge in [-0.05, 0) is 97.7 Å². The van der Waals surface area contributed by atoms with Crippen LogP contribution in [-0.2, 0) is 0 Å². The Hall–Kier alpha value is -1.87. The highest BCUT2D eigenvalue weighted by Crippen LogP contribution is 2.48. The molecule has 2 aromatic rings. The molecule has 2 fully saturated rings. The van der Waals surface area contributed by atoms with Gasteiger partial charge in [0.15, 0.2) is 0 Å². The van der Waals surface area contributed by atoms with Crippen LogP contribution in [0.4, 0.5) is 4.39 Å². The molecule has 0 heterocycles. The molecule has 0 spiro atoms. The molecule has 2 nitrogen and oxygen atoms in total. The molecule has 2 aromatic carbocycles. The van der Waals surface area contributed by atoms with Crippen molar-refractivity contribution in [3.05, 3.63) is 64.4 Å². The zero-order valence-corrected chi connectivity index (χ0v) is 19.0. The highest BCUT2D eigenvalue weighted by Gasteiger charge is 2.36. The van der Waals surface area contributed by atoms with E-state index in [4.69, 9.17) is 16.3 Å². The summed E-state index contributed by atoms with van der Waals surface area (Å²) in [5.41, 5.74) is 0.996. The van der Waals surface area contributed by atoms with Crippen LogP contribution in [0.2, 0.25) is 5.02 Å². The minimum absolute atomic E-state index is 0.237. The Morgan fingerprint density at radius 1 is 1.03 bits per heavy atom. The number of benzene rings is 2. The first kappa shape index (κ1) is 22.3. The van der Waals surface area contributed by atoms with E-state index in [0.717, 1.165) is 36.2 Å². The van der Waals surface area contributed by atoms with E-state index in [0.29, 0.717) is 10.8 Å². The summed E-state index contributed by atoms with van der Waals surface area (Å²) in [5.74, 6) is 2.27. The van der Waals surface area contributed by atoms with Crippen molar-refractivity contribution in [3.63, 3.8) is 0 Å². The Morgan fingerprint density at radius 2 is 1.77 bits per heavy atom. The molecule has 2 saturated carbocycles. The number of esters is 1. The first-order valence-electron chi connectivity index (χ1n) is 11.8. The third-order valence-electron chi connectivity index (χ3n) is 7.39. The maximum atomic E-state index is 15.0. The van der Waals surface area contributed by atoms with Crippen LogP contribution in [0.1, 0.15) is 86.6 Å². The molecular formula is C27H32ClFO2. The van der Waals surface area contributed by atoms with Gasteiger partial charge in [0.25, 0.3) is 0 Å². The minimum Gasteiger partial charge on any atom is -0.423 e. The van der Waals surface area contributed by atoms with Crippen LogP contribution in [0.3, 0.4) is 0 Å². The number of hydrogen-bond donors (Lipinski definition) is 0. The van der Waals surface area contributed by atoms with Gasteiger partial charge in [-0.1, -0.05) is 50.3 Å². The molecule has 31 heavy (non-hydrogen) atoms. The predicted molar refractivity (Wildman–Crippen MR) is 123 cm³/mol. The molecule has 0 aliphatic heterocycles. The molecule has 4 atom stereocenters. The van der Waals surface area contributed by atoms with E-state index in [2.05, 4.69) is 6.92 Å². The van der Waals surface area contributed by atoms with E-state index in [-0.39, 0.29) is 17.3 Å². The smallest absolute Gasteiger partial charge is 0.343 e. The summed E-state index contributed by atoms with van der Waals surface area (Å²) in [5, 5.41) is 0.569. The largest absolute Gasteiger partial charge is 0.423 e. The van der Waals surface area contributed by atoms with Gasteiger partial charge in [0.05, 0.1) is 5.56 Å². The summed E-state index contributed by atoms with van der Waals surface area (Å²) >= 11 is 5.86. The number of ether oxygens (including phenoxy) is 1. The average Bonchev–Trinajstić information content (AvgIpc) is 2.78. The second-order valence-electron chi connectivity index (χ2n) is 9.43. The lowest BCUT2D eigenvalue weighted by atomic mass is 9.63. The van der Waals surface area contributed by atoms with Gasteiger partial charge in [-0.15, -0.1) is 0 Å². The molecule has 0 saturated heterocycles. The van der Waals surface area contributed by atoms with Crippen molar-refractivity contribution >= 4 is 17.6 Å². The van der Waals surface area contributed by atoms with Crippen LogP contribution < -0.4 is 4.74 Å². The molecule has 0 radical (unpaired) electrons. The number of halogens is 2. The summed E-state index contributed by atoms with van der Waals surface area (Å²) in [6.45, 7) is 2.27. The van der Waals surface area contributed by atoms with Crippen LogP contribution in [0, 0.1) is 23.6 Å². The third kappa shape index (κ3) is 5.49. The number of carbonyl (C=O) groups excluding carboxylic acids is 1. The lowest BCUT2D eigenvalue weighted by Gasteiger charge is -2.42. The van der Waals surface area contributed by atoms with Crippen LogP contribution >= 0.6 is 11.6 Å². The van der Waals surface area contributed by atoms with E-state index in [1.165, 1.54) is 51.0 Å². The van der Waals surface area contributed by atoms with Crippen molar-refractivity contribution < 1.29 is 13.9 Å². The maximum absolute atomic E-state index is 15.0. The molecule has 166 valence electrons. The zero-order valence-electron chi connectivity index (χ0n) is 18.3. The van der Waals surface area contributed by atoms with Crippen LogP contribution in [0.15, 0.2) is 42.5 Å². The zero-order chi connectivity index (χ0) is 21.8. The van der Waals surface area contributed by atoms with Gasteiger partial charge < -0.3 is 4.74 Å². The minimum atomic E-state index is -0.554. The first-order valence-corrected chi connectivity index (χ1v) is 12.2. The Kier molecular flexibility index (Phi) is 7.32. The number of carbonyl (C=O) groups is 1. The summed E-state index contributed by atoms with van der Waals surface area (Å²) in [6, 6.07) is 11.4. The second-order valence-corrected chi connectivity index (χ2v) is 9.87. The molecule has 1 unspecified atom stereocenters. The van der Waals surface area contributed by atoms with Crippen molar-refractivity contribution in [1.82, 2.24) is 0 Å². The molecule has 0 aromatic heterocycles. The summed E-state index contributed by atoms with van der Waals surface area (Å²) < 4.78 is 20.3. The van der Waals surface area contributed by atoms with Crippen LogP contribution in [0.25, 0.3) is 0 Å². The van der Waals surface area contributed by atoms with E-state index >= 15 is 0 Å². The van der Waals surface area contributed by atoms with Crippen LogP contribution in [0.5, 0.6) is 5.75 Å². The first-order chi connectivity index (χ1) is 15.0. The lowest BCUT2D eigenvalue weighted by Crippen LogP contribution is -2.30. The van der Waals surface area contributed by atoms with Crippen LogP contribution in [-0.4, -0.2) is 5.97 Å². The number of fused-ring (bicyclic) bond motifs is 1. The standard InChI is InChI=1S/C27H32ClFO2/c1-2-3-4-18-5-6-20-16-21(8-7-19(20)15-18)25-14-9-22(17-26(25)29)27(30)31-24-12-10-23(28)11-13-24/h9-14,17-21H,2-8,15-16H2,1H3/t18-,19-,20+,21?/m0/s1. The third-order valence-corrected chi connectivity index (χ3v) is 7.64. The molecule has 0 bridgehead atoms. The van der Waals surface area contributed by atoms with Gasteiger partial charge in [0.1, 0.15) is 11.6 Å². The highest BCUT2D eigenvalue weighted by atomic mass is 35.5. The average molecular weight is 443 g/mol. The normalized spacial score (nSPS) is 25.6. The van der Waals surface area contributed by atoms with Crippen molar-refractivity contribution in [3.8, 4) is 5.75 Å². The highest BCUT2D eigenvalue weighted by molar-refractivity contribution is 6.30. The SMILES string of the molecule is CCCC[C@H]1CC[C@@H]2CC(c3ccc(C(=O)Oc4ccc(Cl)cc4)cc3F)CC[C@H]2C1. The number of rotatable bonds is 6. The number of unbranched alkanes of at least 4 members (excludes halogenated alkanes) is 1.